The molecule has 1 aliphatic rings. The zero-order valence-electron chi connectivity index (χ0n) is 28.4. The monoisotopic (exact) mass is 660 g/mol. The maximum atomic E-state index is 5.19. The SMILES string of the molecule is c1ccc(-c2cccc(-c3cc(-c4ccccc4-c4ccc(-c5ccc6c7c(cccc57)-c5ccccc5-6)cc4)nc(-c4ccccc4)n3)c2)cc1. The highest BCUT2D eigenvalue weighted by Crippen LogP contribution is 2.49. The number of hydrogen-bond acceptors (Lipinski definition) is 2. The average molecular weight is 661 g/mol. The molecular formula is C50H32N2. The third kappa shape index (κ3) is 5.12. The third-order valence-corrected chi connectivity index (χ3v) is 10.3. The number of rotatable bonds is 6. The second-order valence-corrected chi connectivity index (χ2v) is 13.3. The summed E-state index contributed by atoms with van der Waals surface area (Å²) in [6.45, 7) is 0. The van der Waals surface area contributed by atoms with Crippen LogP contribution < -0.4 is 0 Å². The van der Waals surface area contributed by atoms with Crippen LogP contribution >= 0.6 is 0 Å². The van der Waals surface area contributed by atoms with E-state index in [1.807, 2.05) is 24.3 Å². The van der Waals surface area contributed by atoms with Crippen LogP contribution in [0.3, 0.4) is 0 Å². The maximum absolute atomic E-state index is 5.19. The van der Waals surface area contributed by atoms with Crippen molar-refractivity contribution in [2.24, 2.45) is 0 Å². The summed E-state index contributed by atoms with van der Waals surface area (Å²) >= 11 is 0. The fourth-order valence-electron chi connectivity index (χ4n) is 7.79. The summed E-state index contributed by atoms with van der Waals surface area (Å²) in [5, 5.41) is 2.64. The summed E-state index contributed by atoms with van der Waals surface area (Å²) in [5.74, 6) is 0.706. The number of nitrogens with zero attached hydrogens (tertiary/aromatic N) is 2. The molecule has 0 saturated carbocycles. The van der Waals surface area contributed by atoms with Gasteiger partial charge in [-0.05, 0) is 78.5 Å². The van der Waals surface area contributed by atoms with E-state index in [0.29, 0.717) is 5.82 Å². The molecule has 1 aliphatic carbocycles. The van der Waals surface area contributed by atoms with E-state index in [1.54, 1.807) is 0 Å². The summed E-state index contributed by atoms with van der Waals surface area (Å²) in [4.78, 5) is 10.3. The maximum Gasteiger partial charge on any atom is 0.160 e. The Morgan fingerprint density at radius 1 is 0.250 bits per heavy atom. The van der Waals surface area contributed by atoms with Crippen LogP contribution in [0, 0.1) is 0 Å². The molecule has 0 aliphatic heterocycles. The summed E-state index contributed by atoms with van der Waals surface area (Å²) < 4.78 is 0. The minimum absolute atomic E-state index is 0.706. The summed E-state index contributed by atoms with van der Waals surface area (Å²) in [5.41, 5.74) is 17.2. The van der Waals surface area contributed by atoms with Gasteiger partial charge in [0, 0.05) is 16.7 Å². The zero-order chi connectivity index (χ0) is 34.4. The first-order valence-electron chi connectivity index (χ1n) is 17.7. The number of aromatic nitrogens is 2. The van der Waals surface area contributed by atoms with Crippen LogP contribution in [0.4, 0.5) is 0 Å². The highest BCUT2D eigenvalue weighted by molar-refractivity contribution is 6.18. The Kier molecular flexibility index (Phi) is 7.18. The molecule has 8 aromatic carbocycles. The van der Waals surface area contributed by atoms with Crippen molar-refractivity contribution in [2.45, 2.75) is 0 Å². The van der Waals surface area contributed by atoms with Crippen LogP contribution in [0.25, 0.3) is 100 Å². The van der Waals surface area contributed by atoms with Gasteiger partial charge in [-0.15, -0.1) is 0 Å². The van der Waals surface area contributed by atoms with Crippen molar-refractivity contribution < 1.29 is 0 Å². The van der Waals surface area contributed by atoms with Gasteiger partial charge in [0.05, 0.1) is 11.4 Å². The molecule has 2 heteroatoms. The molecule has 0 fully saturated rings. The Morgan fingerprint density at radius 3 is 1.48 bits per heavy atom. The molecule has 242 valence electrons. The van der Waals surface area contributed by atoms with Gasteiger partial charge in [-0.1, -0.05) is 182 Å². The molecule has 0 radical (unpaired) electrons. The number of hydrogen-bond donors (Lipinski definition) is 0. The predicted molar refractivity (Wildman–Crippen MR) is 217 cm³/mol. The normalized spacial score (nSPS) is 11.5. The van der Waals surface area contributed by atoms with Crippen molar-refractivity contribution in [3.05, 3.63) is 194 Å². The smallest absolute Gasteiger partial charge is 0.160 e. The van der Waals surface area contributed by atoms with Crippen molar-refractivity contribution in [1.29, 1.82) is 0 Å². The van der Waals surface area contributed by atoms with E-state index >= 15 is 0 Å². The predicted octanol–water partition coefficient (Wildman–Crippen LogP) is 13.3. The van der Waals surface area contributed by atoms with Crippen LogP contribution in [-0.2, 0) is 0 Å². The van der Waals surface area contributed by atoms with Crippen molar-refractivity contribution in [1.82, 2.24) is 9.97 Å². The van der Waals surface area contributed by atoms with Gasteiger partial charge in [-0.25, -0.2) is 9.97 Å². The highest BCUT2D eigenvalue weighted by Gasteiger charge is 2.22. The minimum atomic E-state index is 0.706. The molecule has 52 heavy (non-hydrogen) atoms. The molecule has 2 nitrogen and oxygen atoms in total. The van der Waals surface area contributed by atoms with Gasteiger partial charge >= 0.3 is 0 Å². The lowest BCUT2D eigenvalue weighted by Crippen LogP contribution is -1.97. The van der Waals surface area contributed by atoms with E-state index in [0.717, 1.165) is 44.8 Å². The van der Waals surface area contributed by atoms with Crippen LogP contribution in [0.5, 0.6) is 0 Å². The first-order chi connectivity index (χ1) is 25.8. The number of fused-ring (bicyclic) bond motifs is 3. The van der Waals surface area contributed by atoms with E-state index in [-0.39, 0.29) is 0 Å². The van der Waals surface area contributed by atoms with Crippen LogP contribution in [0.2, 0.25) is 0 Å². The standard InChI is InChI=1S/C50H32N2/c1-3-13-33(14-4-1)37-17-11-18-38(31-37)47-32-48(52-50(51-47)36-15-5-2-6-16-36)43-22-10-7-19-39(43)34-25-27-35(28-26-34)40-29-30-46-42-21-9-8-20-41(42)45-24-12-23-44(40)49(45)46/h1-32H. The van der Waals surface area contributed by atoms with Gasteiger partial charge in [0.1, 0.15) is 0 Å². The topological polar surface area (TPSA) is 25.8 Å². The van der Waals surface area contributed by atoms with Gasteiger partial charge < -0.3 is 0 Å². The van der Waals surface area contributed by atoms with E-state index in [4.69, 9.17) is 9.97 Å². The Hall–Kier alpha value is -6.90. The van der Waals surface area contributed by atoms with Gasteiger partial charge in [-0.3, -0.25) is 0 Å². The molecule has 9 aromatic rings. The molecule has 0 saturated heterocycles. The molecule has 0 bridgehead atoms. The lowest BCUT2D eigenvalue weighted by molar-refractivity contribution is 1.18. The van der Waals surface area contributed by atoms with Crippen LogP contribution in [0.1, 0.15) is 0 Å². The summed E-state index contributed by atoms with van der Waals surface area (Å²) in [7, 11) is 0. The van der Waals surface area contributed by atoms with Gasteiger partial charge in [0.15, 0.2) is 5.82 Å². The first kappa shape index (κ1) is 30.0. The molecule has 1 heterocycles. The van der Waals surface area contributed by atoms with E-state index in [2.05, 4.69) is 170 Å². The van der Waals surface area contributed by atoms with Gasteiger partial charge in [0.25, 0.3) is 0 Å². The molecule has 0 atom stereocenters. The Bertz CT molecular complexity index is 2740. The van der Waals surface area contributed by atoms with Crippen molar-refractivity contribution >= 4 is 10.8 Å². The van der Waals surface area contributed by atoms with Crippen molar-refractivity contribution in [3.63, 3.8) is 0 Å². The molecule has 0 unspecified atom stereocenters. The molecule has 0 amide bonds. The second-order valence-electron chi connectivity index (χ2n) is 13.3. The van der Waals surface area contributed by atoms with E-state index in [9.17, 15) is 0 Å². The van der Waals surface area contributed by atoms with Crippen LogP contribution in [0.15, 0.2) is 194 Å². The average Bonchev–Trinajstić information content (AvgIpc) is 3.56. The van der Waals surface area contributed by atoms with Crippen molar-refractivity contribution in [2.75, 3.05) is 0 Å². The lowest BCUT2D eigenvalue weighted by Gasteiger charge is -2.14. The van der Waals surface area contributed by atoms with Crippen LogP contribution in [-0.4, -0.2) is 9.97 Å². The highest BCUT2D eigenvalue weighted by atomic mass is 14.9. The minimum Gasteiger partial charge on any atom is -0.228 e. The number of benzene rings is 8. The molecule has 1 aromatic heterocycles. The Balaban J connectivity index is 1.07. The Morgan fingerprint density at radius 2 is 0.750 bits per heavy atom. The van der Waals surface area contributed by atoms with Gasteiger partial charge in [0.2, 0.25) is 0 Å². The van der Waals surface area contributed by atoms with Crippen molar-refractivity contribution in [3.8, 4) is 89.5 Å². The summed E-state index contributed by atoms with van der Waals surface area (Å²) in [6.07, 6.45) is 0. The quantitative estimate of drug-likeness (QED) is 0.177. The fourth-order valence-corrected chi connectivity index (χ4v) is 7.79. The molecule has 0 N–H and O–H groups in total. The van der Waals surface area contributed by atoms with E-state index in [1.165, 1.54) is 49.7 Å². The van der Waals surface area contributed by atoms with E-state index < -0.39 is 0 Å². The molecule has 10 rings (SSSR count). The summed E-state index contributed by atoms with van der Waals surface area (Å²) in [6, 6.07) is 69.1. The first-order valence-corrected chi connectivity index (χ1v) is 17.7. The second kappa shape index (κ2) is 12.5. The zero-order valence-corrected chi connectivity index (χ0v) is 28.4. The van der Waals surface area contributed by atoms with Gasteiger partial charge in [-0.2, -0.15) is 0 Å². The lowest BCUT2D eigenvalue weighted by atomic mass is 9.92. The molecule has 0 spiro atoms. The molecular weight excluding hydrogens is 629 g/mol. The fraction of sp³-hybridized carbons (Fsp3) is 0. The third-order valence-electron chi connectivity index (χ3n) is 10.3. The Labute approximate surface area is 303 Å². The largest absolute Gasteiger partial charge is 0.228 e.